The summed E-state index contributed by atoms with van der Waals surface area (Å²) in [6.45, 7) is 4.96. The van der Waals surface area contributed by atoms with Crippen molar-refractivity contribution in [1.82, 2.24) is 14.7 Å². The maximum atomic E-state index is 12.0. The Labute approximate surface area is 135 Å². The lowest BCUT2D eigenvalue weighted by Crippen LogP contribution is -2.32. The van der Waals surface area contributed by atoms with E-state index < -0.39 is 12.0 Å². The summed E-state index contributed by atoms with van der Waals surface area (Å²) >= 11 is 0. The number of carbonyl (C=O) groups is 1. The van der Waals surface area contributed by atoms with Crippen LogP contribution in [0.5, 0.6) is 0 Å². The van der Waals surface area contributed by atoms with Gasteiger partial charge in [0.15, 0.2) is 0 Å². The molecule has 0 radical (unpaired) electrons. The lowest BCUT2D eigenvalue weighted by molar-refractivity contribution is -0.143. The van der Waals surface area contributed by atoms with E-state index in [0.717, 1.165) is 36.0 Å². The van der Waals surface area contributed by atoms with Crippen LogP contribution in [0.2, 0.25) is 0 Å². The SMILES string of the molecule is COCCn1ncc2cccc(C(C(=O)O)N3CC[C@@H](C)C3)c21. The van der Waals surface area contributed by atoms with Crippen molar-refractivity contribution < 1.29 is 14.6 Å². The molecular formula is C17H23N3O3. The van der Waals surface area contributed by atoms with Gasteiger partial charge in [0.05, 0.1) is 24.9 Å². The Kier molecular flexibility index (Phi) is 4.63. The van der Waals surface area contributed by atoms with E-state index in [-0.39, 0.29) is 0 Å². The molecule has 0 saturated carbocycles. The molecule has 6 heteroatoms. The molecule has 0 bridgehead atoms. The smallest absolute Gasteiger partial charge is 0.325 e. The molecule has 6 nitrogen and oxygen atoms in total. The van der Waals surface area contributed by atoms with E-state index in [0.29, 0.717) is 19.1 Å². The summed E-state index contributed by atoms with van der Waals surface area (Å²) in [6, 6.07) is 5.17. The van der Waals surface area contributed by atoms with Gasteiger partial charge in [0, 0.05) is 24.6 Å². The minimum atomic E-state index is -0.800. The summed E-state index contributed by atoms with van der Waals surface area (Å²) in [5, 5.41) is 15.2. The van der Waals surface area contributed by atoms with Gasteiger partial charge in [-0.25, -0.2) is 0 Å². The molecule has 0 spiro atoms. The lowest BCUT2D eigenvalue weighted by atomic mass is 10.0. The van der Waals surface area contributed by atoms with Crippen LogP contribution >= 0.6 is 0 Å². The highest BCUT2D eigenvalue weighted by Crippen LogP contribution is 2.32. The third kappa shape index (κ3) is 3.09. The number of para-hydroxylation sites is 1. The van der Waals surface area contributed by atoms with Crippen LogP contribution in [0.4, 0.5) is 0 Å². The van der Waals surface area contributed by atoms with Gasteiger partial charge in [-0.1, -0.05) is 25.1 Å². The number of methoxy groups -OCH3 is 1. The zero-order chi connectivity index (χ0) is 16.4. The largest absolute Gasteiger partial charge is 0.480 e. The Balaban J connectivity index is 2.05. The molecule has 0 amide bonds. The molecule has 1 aromatic heterocycles. The summed E-state index contributed by atoms with van der Waals surface area (Å²) in [5.74, 6) is -0.263. The molecule has 2 heterocycles. The molecule has 2 aromatic rings. The number of likely N-dealkylation sites (tertiary alicyclic amines) is 1. The van der Waals surface area contributed by atoms with Crippen molar-refractivity contribution in [3.8, 4) is 0 Å². The predicted molar refractivity (Wildman–Crippen MR) is 87.3 cm³/mol. The number of carboxylic acid groups (broad SMARTS) is 1. The Morgan fingerprint density at radius 2 is 2.35 bits per heavy atom. The molecule has 1 N–H and O–H groups in total. The number of fused-ring (bicyclic) bond motifs is 1. The van der Waals surface area contributed by atoms with Crippen molar-refractivity contribution in [1.29, 1.82) is 0 Å². The molecule has 3 rings (SSSR count). The van der Waals surface area contributed by atoms with Crippen molar-refractivity contribution in [2.75, 3.05) is 26.8 Å². The first-order valence-corrected chi connectivity index (χ1v) is 8.02. The first kappa shape index (κ1) is 16.0. The Morgan fingerprint density at radius 3 is 3.00 bits per heavy atom. The van der Waals surface area contributed by atoms with E-state index in [4.69, 9.17) is 4.74 Å². The Bertz CT molecular complexity index is 697. The number of carboxylic acids is 1. The fraction of sp³-hybridized carbons (Fsp3) is 0.529. The van der Waals surface area contributed by atoms with Crippen LogP contribution in [0.15, 0.2) is 24.4 Å². The Morgan fingerprint density at radius 1 is 1.52 bits per heavy atom. The normalized spacial score (nSPS) is 20.2. The molecule has 1 aliphatic heterocycles. The Hall–Kier alpha value is -1.92. The average molecular weight is 317 g/mol. The molecular weight excluding hydrogens is 294 g/mol. The van der Waals surface area contributed by atoms with E-state index >= 15 is 0 Å². The van der Waals surface area contributed by atoms with Crippen LogP contribution in [-0.4, -0.2) is 52.6 Å². The van der Waals surface area contributed by atoms with Crippen LogP contribution in [0.3, 0.4) is 0 Å². The van der Waals surface area contributed by atoms with E-state index in [1.807, 2.05) is 22.9 Å². The number of hydrogen-bond acceptors (Lipinski definition) is 4. The molecule has 1 fully saturated rings. The second-order valence-corrected chi connectivity index (χ2v) is 6.28. The highest BCUT2D eigenvalue weighted by molar-refractivity contribution is 5.88. The van der Waals surface area contributed by atoms with Crippen LogP contribution in [0, 0.1) is 5.92 Å². The van der Waals surface area contributed by atoms with Gasteiger partial charge >= 0.3 is 5.97 Å². The highest BCUT2D eigenvalue weighted by atomic mass is 16.5. The number of aromatic nitrogens is 2. The summed E-state index contributed by atoms with van der Waals surface area (Å²) in [7, 11) is 1.65. The number of ether oxygens (including phenoxy) is 1. The van der Waals surface area contributed by atoms with E-state index in [1.165, 1.54) is 0 Å². The number of benzene rings is 1. The fourth-order valence-corrected chi connectivity index (χ4v) is 3.43. The van der Waals surface area contributed by atoms with Crippen LogP contribution in [0.1, 0.15) is 24.9 Å². The third-order valence-electron chi connectivity index (χ3n) is 4.55. The topological polar surface area (TPSA) is 67.6 Å². The van der Waals surface area contributed by atoms with Gasteiger partial charge in [-0.3, -0.25) is 14.4 Å². The van der Waals surface area contributed by atoms with Gasteiger partial charge in [-0.15, -0.1) is 0 Å². The third-order valence-corrected chi connectivity index (χ3v) is 4.55. The van der Waals surface area contributed by atoms with E-state index in [9.17, 15) is 9.90 Å². The van der Waals surface area contributed by atoms with Crippen molar-refractivity contribution in [2.24, 2.45) is 5.92 Å². The number of hydrogen-bond donors (Lipinski definition) is 1. The predicted octanol–water partition coefficient (Wildman–Crippen LogP) is 2.15. The zero-order valence-electron chi connectivity index (χ0n) is 13.6. The lowest BCUT2D eigenvalue weighted by Gasteiger charge is -2.25. The van der Waals surface area contributed by atoms with Gasteiger partial charge in [-0.2, -0.15) is 5.10 Å². The van der Waals surface area contributed by atoms with Crippen molar-refractivity contribution in [3.63, 3.8) is 0 Å². The maximum absolute atomic E-state index is 12.0. The van der Waals surface area contributed by atoms with Gasteiger partial charge < -0.3 is 9.84 Å². The number of nitrogens with zero attached hydrogens (tertiary/aromatic N) is 3. The summed E-state index contributed by atoms with van der Waals surface area (Å²) < 4.78 is 6.99. The number of rotatable bonds is 6. The summed E-state index contributed by atoms with van der Waals surface area (Å²) in [6.07, 6.45) is 2.84. The van der Waals surface area contributed by atoms with Gasteiger partial charge in [-0.05, 0) is 18.9 Å². The molecule has 1 aliphatic rings. The van der Waals surface area contributed by atoms with Crippen LogP contribution in [0.25, 0.3) is 10.9 Å². The minimum Gasteiger partial charge on any atom is -0.480 e. The van der Waals surface area contributed by atoms with Gasteiger partial charge in [0.25, 0.3) is 0 Å². The quantitative estimate of drug-likeness (QED) is 0.884. The van der Waals surface area contributed by atoms with Gasteiger partial charge in [0.1, 0.15) is 6.04 Å². The van der Waals surface area contributed by atoms with E-state index in [1.54, 1.807) is 13.3 Å². The first-order valence-electron chi connectivity index (χ1n) is 8.02. The summed E-state index contributed by atoms with van der Waals surface area (Å²) in [4.78, 5) is 14.1. The zero-order valence-corrected chi connectivity index (χ0v) is 13.6. The molecule has 1 saturated heterocycles. The summed E-state index contributed by atoms with van der Waals surface area (Å²) in [5.41, 5.74) is 1.72. The molecule has 1 aromatic carbocycles. The molecule has 124 valence electrons. The minimum absolute atomic E-state index is 0.537. The molecule has 23 heavy (non-hydrogen) atoms. The van der Waals surface area contributed by atoms with Crippen LogP contribution in [-0.2, 0) is 16.1 Å². The molecule has 0 aliphatic carbocycles. The molecule has 2 atom stereocenters. The standard InChI is InChI=1S/C17H23N3O3/c1-12-6-7-19(11-12)16(17(21)22)14-5-3-4-13-10-18-20(15(13)14)8-9-23-2/h3-5,10,12,16H,6-9,11H2,1-2H3,(H,21,22)/t12-,16?/m1/s1. The fourth-order valence-electron chi connectivity index (χ4n) is 3.43. The number of aliphatic carboxylic acids is 1. The maximum Gasteiger partial charge on any atom is 0.325 e. The first-order chi connectivity index (χ1) is 11.1. The van der Waals surface area contributed by atoms with Crippen LogP contribution < -0.4 is 0 Å². The van der Waals surface area contributed by atoms with Crippen molar-refractivity contribution in [2.45, 2.75) is 25.9 Å². The van der Waals surface area contributed by atoms with Crippen molar-refractivity contribution >= 4 is 16.9 Å². The second-order valence-electron chi connectivity index (χ2n) is 6.28. The second kappa shape index (κ2) is 6.68. The van der Waals surface area contributed by atoms with E-state index in [2.05, 4.69) is 16.9 Å². The molecule has 1 unspecified atom stereocenters. The van der Waals surface area contributed by atoms with Gasteiger partial charge in [0.2, 0.25) is 0 Å². The highest BCUT2D eigenvalue weighted by Gasteiger charge is 2.33. The van der Waals surface area contributed by atoms with Crippen molar-refractivity contribution in [3.05, 3.63) is 30.0 Å². The monoisotopic (exact) mass is 317 g/mol. The average Bonchev–Trinajstić information content (AvgIpc) is 3.12.